The largest absolute Gasteiger partial charge is 0.292 e. The van der Waals surface area contributed by atoms with Crippen LogP contribution in [-0.4, -0.2) is 22.5 Å². The molecule has 3 fully saturated rings. The van der Waals surface area contributed by atoms with E-state index < -0.39 is 0 Å². The van der Waals surface area contributed by atoms with Crippen molar-refractivity contribution in [3.8, 4) is 0 Å². The molecule has 1 heteroatoms. The summed E-state index contributed by atoms with van der Waals surface area (Å²) in [7, 11) is 0. The second-order valence-electron chi connectivity index (χ2n) is 5.96. The number of rotatable bonds is 1. The van der Waals surface area contributed by atoms with Gasteiger partial charge in [0.25, 0.3) is 0 Å². The lowest BCUT2D eigenvalue weighted by molar-refractivity contribution is 0.114. The number of hydrogen-bond donors (Lipinski definition) is 0. The van der Waals surface area contributed by atoms with Crippen LogP contribution in [0.2, 0.25) is 0 Å². The van der Waals surface area contributed by atoms with Gasteiger partial charge in [-0.2, -0.15) is 0 Å². The Labute approximate surface area is 81.5 Å². The monoisotopic (exact) mass is 179 g/mol. The molecular weight excluding hydrogens is 158 g/mol. The summed E-state index contributed by atoms with van der Waals surface area (Å²) in [6.07, 6.45) is 5.84. The van der Waals surface area contributed by atoms with Gasteiger partial charge in [0.15, 0.2) is 0 Å². The fourth-order valence-corrected chi connectivity index (χ4v) is 4.27. The van der Waals surface area contributed by atoms with Gasteiger partial charge >= 0.3 is 0 Å². The molecule has 4 atom stereocenters. The van der Waals surface area contributed by atoms with Crippen molar-refractivity contribution in [3.63, 3.8) is 0 Å². The van der Waals surface area contributed by atoms with Gasteiger partial charge in [0.2, 0.25) is 0 Å². The van der Waals surface area contributed by atoms with Crippen LogP contribution in [0, 0.1) is 11.8 Å². The van der Waals surface area contributed by atoms with Crippen LogP contribution >= 0.6 is 0 Å². The highest BCUT2D eigenvalue weighted by atomic mass is 15.3. The summed E-state index contributed by atoms with van der Waals surface area (Å²) in [5.41, 5.74) is 1.28. The van der Waals surface area contributed by atoms with Crippen molar-refractivity contribution in [2.75, 3.05) is 6.54 Å². The number of piperidine rings is 1. The first kappa shape index (κ1) is 8.28. The molecule has 13 heavy (non-hydrogen) atoms. The molecule has 2 saturated heterocycles. The van der Waals surface area contributed by atoms with Crippen LogP contribution in [0.4, 0.5) is 0 Å². The zero-order valence-electron chi connectivity index (χ0n) is 9.14. The standard InChI is InChI=1S/C12H21N/c1-4-12-5-9(2)8-13(12)11(3)6-10(11)7-12/h9-10H,4-8H2,1-3H3. The third-order valence-electron chi connectivity index (χ3n) is 5.08. The highest BCUT2D eigenvalue weighted by molar-refractivity contribution is 5.23. The Morgan fingerprint density at radius 1 is 1.31 bits per heavy atom. The van der Waals surface area contributed by atoms with Crippen molar-refractivity contribution in [2.24, 2.45) is 11.8 Å². The molecule has 3 aliphatic rings. The average molecular weight is 179 g/mol. The quantitative estimate of drug-likeness (QED) is 0.598. The maximum atomic E-state index is 2.87. The van der Waals surface area contributed by atoms with E-state index in [9.17, 15) is 0 Å². The lowest BCUT2D eigenvalue weighted by Crippen LogP contribution is -2.44. The van der Waals surface area contributed by atoms with E-state index in [1.54, 1.807) is 0 Å². The number of hydrogen-bond acceptors (Lipinski definition) is 1. The summed E-state index contributed by atoms with van der Waals surface area (Å²) in [6, 6.07) is 0. The lowest BCUT2D eigenvalue weighted by atomic mass is 9.87. The van der Waals surface area contributed by atoms with Crippen LogP contribution in [0.15, 0.2) is 0 Å². The van der Waals surface area contributed by atoms with E-state index in [1.807, 2.05) is 0 Å². The molecule has 1 nitrogen and oxygen atoms in total. The van der Waals surface area contributed by atoms with Crippen LogP contribution in [0.1, 0.15) is 46.5 Å². The fourth-order valence-electron chi connectivity index (χ4n) is 4.27. The molecule has 0 aromatic carbocycles. The van der Waals surface area contributed by atoms with Gasteiger partial charge in [-0.3, -0.25) is 4.90 Å². The van der Waals surface area contributed by atoms with Gasteiger partial charge in [0.1, 0.15) is 0 Å². The maximum absolute atomic E-state index is 2.87. The van der Waals surface area contributed by atoms with Crippen molar-refractivity contribution in [1.82, 2.24) is 4.90 Å². The molecule has 3 rings (SSSR count). The third kappa shape index (κ3) is 0.823. The highest BCUT2D eigenvalue weighted by Gasteiger charge is 2.68. The summed E-state index contributed by atoms with van der Waals surface area (Å²) in [5.74, 6) is 2.00. The van der Waals surface area contributed by atoms with E-state index >= 15 is 0 Å². The van der Waals surface area contributed by atoms with Crippen LogP contribution in [0.25, 0.3) is 0 Å². The number of fused-ring (bicyclic) bond motifs is 3. The Kier molecular flexibility index (Phi) is 1.36. The van der Waals surface area contributed by atoms with Crippen molar-refractivity contribution < 1.29 is 0 Å². The van der Waals surface area contributed by atoms with Crippen molar-refractivity contribution in [3.05, 3.63) is 0 Å². The average Bonchev–Trinajstić information content (AvgIpc) is 2.50. The predicted molar refractivity (Wildman–Crippen MR) is 54.6 cm³/mol. The molecular formula is C12H21N. The first-order chi connectivity index (χ1) is 6.11. The first-order valence-corrected chi connectivity index (χ1v) is 5.88. The second kappa shape index (κ2) is 2.13. The molecule has 1 aliphatic carbocycles. The van der Waals surface area contributed by atoms with Crippen LogP contribution in [-0.2, 0) is 0 Å². The molecule has 0 aromatic rings. The summed E-state index contributed by atoms with van der Waals surface area (Å²) >= 11 is 0. The molecule has 0 amide bonds. The Balaban J connectivity index is 1.94. The van der Waals surface area contributed by atoms with Gasteiger partial charge < -0.3 is 0 Å². The molecule has 74 valence electrons. The second-order valence-corrected chi connectivity index (χ2v) is 5.96. The van der Waals surface area contributed by atoms with E-state index in [2.05, 4.69) is 25.7 Å². The molecule has 0 N–H and O–H groups in total. The molecule has 4 unspecified atom stereocenters. The van der Waals surface area contributed by atoms with Crippen molar-refractivity contribution >= 4 is 0 Å². The highest BCUT2D eigenvalue weighted by Crippen LogP contribution is 2.65. The minimum Gasteiger partial charge on any atom is -0.292 e. The Morgan fingerprint density at radius 2 is 2.08 bits per heavy atom. The van der Waals surface area contributed by atoms with E-state index in [4.69, 9.17) is 0 Å². The van der Waals surface area contributed by atoms with Crippen LogP contribution in [0.5, 0.6) is 0 Å². The topological polar surface area (TPSA) is 3.24 Å². The zero-order valence-corrected chi connectivity index (χ0v) is 9.14. The Morgan fingerprint density at radius 3 is 2.69 bits per heavy atom. The van der Waals surface area contributed by atoms with E-state index in [0.717, 1.165) is 11.8 Å². The van der Waals surface area contributed by atoms with Crippen LogP contribution in [0.3, 0.4) is 0 Å². The minimum atomic E-state index is 0.636. The van der Waals surface area contributed by atoms with Crippen molar-refractivity contribution in [2.45, 2.75) is 57.5 Å². The van der Waals surface area contributed by atoms with Gasteiger partial charge in [0.05, 0.1) is 0 Å². The fraction of sp³-hybridized carbons (Fsp3) is 1.00. The predicted octanol–water partition coefficient (Wildman–Crippen LogP) is 2.66. The van der Waals surface area contributed by atoms with Gasteiger partial charge in [-0.05, 0) is 44.4 Å². The zero-order chi connectivity index (χ0) is 9.27. The minimum absolute atomic E-state index is 0.636. The van der Waals surface area contributed by atoms with Crippen molar-refractivity contribution in [1.29, 1.82) is 0 Å². The maximum Gasteiger partial charge on any atom is 0.0219 e. The Bertz CT molecular complexity index is 250. The van der Waals surface area contributed by atoms with E-state index in [1.165, 1.54) is 32.2 Å². The summed E-state index contributed by atoms with van der Waals surface area (Å²) in [4.78, 5) is 2.87. The van der Waals surface area contributed by atoms with Gasteiger partial charge in [-0.25, -0.2) is 0 Å². The molecule has 0 bridgehead atoms. The molecule has 2 heterocycles. The Hall–Kier alpha value is -0.0400. The SMILES string of the molecule is CCC12CC(C)CN1C1(C)CC1C2. The molecule has 2 aliphatic heterocycles. The van der Waals surface area contributed by atoms with E-state index in [-0.39, 0.29) is 0 Å². The summed E-state index contributed by atoms with van der Waals surface area (Å²) in [5, 5.41) is 0. The summed E-state index contributed by atoms with van der Waals surface area (Å²) < 4.78 is 0. The number of nitrogens with zero attached hydrogens (tertiary/aromatic N) is 1. The molecule has 0 spiro atoms. The lowest BCUT2D eigenvalue weighted by Gasteiger charge is -2.36. The third-order valence-corrected chi connectivity index (χ3v) is 5.08. The first-order valence-electron chi connectivity index (χ1n) is 5.88. The summed E-state index contributed by atoms with van der Waals surface area (Å²) in [6.45, 7) is 8.68. The van der Waals surface area contributed by atoms with Gasteiger partial charge in [-0.1, -0.05) is 13.8 Å². The normalized spacial score (nSPS) is 59.3. The van der Waals surface area contributed by atoms with Gasteiger partial charge in [-0.15, -0.1) is 0 Å². The van der Waals surface area contributed by atoms with E-state index in [0.29, 0.717) is 11.1 Å². The molecule has 0 aromatic heterocycles. The van der Waals surface area contributed by atoms with Gasteiger partial charge in [0, 0.05) is 17.6 Å². The molecule has 0 radical (unpaired) electrons. The molecule has 1 saturated carbocycles. The smallest absolute Gasteiger partial charge is 0.0219 e. The van der Waals surface area contributed by atoms with Crippen LogP contribution < -0.4 is 0 Å².